The molecule has 6 heteroatoms. The smallest absolute Gasteiger partial charge is 0.246 e. The molecular formula is C22H16N4OS. The Bertz CT molecular complexity index is 1270. The minimum absolute atomic E-state index is 0.188. The molecule has 2 heterocycles. The molecule has 136 valence electrons. The zero-order valence-electron chi connectivity index (χ0n) is 14.9. The van der Waals surface area contributed by atoms with Gasteiger partial charge in [0.25, 0.3) is 0 Å². The Morgan fingerprint density at radius 2 is 1.82 bits per heavy atom. The van der Waals surface area contributed by atoms with Crippen molar-refractivity contribution in [2.75, 3.05) is 0 Å². The second-order valence-corrected chi connectivity index (χ2v) is 7.40. The van der Waals surface area contributed by atoms with Crippen LogP contribution in [0.2, 0.25) is 0 Å². The Labute approximate surface area is 165 Å². The average molecular weight is 384 g/mol. The lowest BCUT2D eigenvalue weighted by Gasteiger charge is -2.07. The lowest BCUT2D eigenvalue weighted by Crippen LogP contribution is -2.20. The molecule has 0 aliphatic rings. The number of hydrazone groups is 1. The number of hydrogen-bond acceptors (Lipinski definition) is 4. The predicted molar refractivity (Wildman–Crippen MR) is 114 cm³/mol. The highest BCUT2D eigenvalue weighted by Crippen LogP contribution is 2.27. The van der Waals surface area contributed by atoms with Gasteiger partial charge in [0.05, 0.1) is 18.3 Å². The summed E-state index contributed by atoms with van der Waals surface area (Å²) in [6.45, 7) is 0. The summed E-state index contributed by atoms with van der Waals surface area (Å²) in [6, 6.07) is 18.6. The van der Waals surface area contributed by atoms with Gasteiger partial charge in [-0.25, -0.2) is 10.4 Å². The molecular weight excluding hydrogens is 368 g/mol. The molecule has 0 unspecified atom stereocenters. The van der Waals surface area contributed by atoms with Crippen LogP contribution in [0.5, 0.6) is 0 Å². The minimum Gasteiger partial charge on any atom is -0.297 e. The maximum atomic E-state index is 12.3. The fourth-order valence-corrected chi connectivity index (χ4v) is 4.14. The van der Waals surface area contributed by atoms with Crippen LogP contribution in [0.4, 0.5) is 0 Å². The van der Waals surface area contributed by atoms with E-state index in [-0.39, 0.29) is 12.3 Å². The second-order valence-electron chi connectivity index (χ2n) is 6.53. The molecule has 0 saturated heterocycles. The Hall–Kier alpha value is -3.51. The Kier molecular flexibility index (Phi) is 4.10. The monoisotopic (exact) mass is 384 g/mol. The molecule has 0 spiro atoms. The standard InChI is InChI=1S/C22H16N4OS/c27-21(12-17-14-26-9-10-28-22(26)24-17)25-23-13-20-18-7-3-1-5-15(18)11-16-6-2-4-8-19(16)20/h1-11,13-14H,12H2,(H,25,27). The summed E-state index contributed by atoms with van der Waals surface area (Å²) in [6.07, 6.45) is 5.72. The number of amides is 1. The van der Waals surface area contributed by atoms with Crippen molar-refractivity contribution >= 4 is 50.0 Å². The zero-order valence-corrected chi connectivity index (χ0v) is 15.7. The fourth-order valence-electron chi connectivity index (χ4n) is 3.42. The number of thiazole rings is 1. The SMILES string of the molecule is O=C(Cc1cn2ccsc2n1)NN=Cc1c2ccccc2cc2ccccc12. The molecule has 0 fully saturated rings. The van der Waals surface area contributed by atoms with Gasteiger partial charge in [-0.2, -0.15) is 5.10 Å². The van der Waals surface area contributed by atoms with Crippen LogP contribution in [0.3, 0.4) is 0 Å². The number of aromatic nitrogens is 2. The summed E-state index contributed by atoms with van der Waals surface area (Å²) in [5.41, 5.74) is 4.36. The first kappa shape index (κ1) is 16.6. The first-order chi connectivity index (χ1) is 13.8. The third-order valence-corrected chi connectivity index (χ3v) is 5.45. The van der Waals surface area contributed by atoms with Gasteiger partial charge < -0.3 is 0 Å². The molecule has 5 aromatic rings. The van der Waals surface area contributed by atoms with Gasteiger partial charge in [0.1, 0.15) is 0 Å². The molecule has 1 amide bonds. The van der Waals surface area contributed by atoms with Gasteiger partial charge in [0.2, 0.25) is 5.91 Å². The van der Waals surface area contributed by atoms with Crippen molar-refractivity contribution in [3.05, 3.63) is 83.6 Å². The van der Waals surface area contributed by atoms with Gasteiger partial charge in [-0.1, -0.05) is 48.5 Å². The van der Waals surface area contributed by atoms with Crippen molar-refractivity contribution in [1.29, 1.82) is 0 Å². The van der Waals surface area contributed by atoms with E-state index < -0.39 is 0 Å². The number of carbonyl (C=O) groups excluding carboxylic acids is 1. The second kappa shape index (κ2) is 6.90. The van der Waals surface area contributed by atoms with E-state index in [1.807, 2.05) is 46.4 Å². The van der Waals surface area contributed by atoms with Crippen LogP contribution in [-0.2, 0) is 11.2 Å². The van der Waals surface area contributed by atoms with Crippen molar-refractivity contribution in [2.24, 2.45) is 5.10 Å². The fraction of sp³-hybridized carbons (Fsp3) is 0.0455. The number of fused-ring (bicyclic) bond motifs is 3. The molecule has 0 radical (unpaired) electrons. The van der Waals surface area contributed by atoms with E-state index in [1.54, 1.807) is 17.6 Å². The summed E-state index contributed by atoms with van der Waals surface area (Å²) >= 11 is 1.54. The van der Waals surface area contributed by atoms with Crippen LogP contribution >= 0.6 is 11.3 Å². The highest BCUT2D eigenvalue weighted by Gasteiger charge is 2.08. The highest BCUT2D eigenvalue weighted by atomic mass is 32.1. The van der Waals surface area contributed by atoms with Crippen LogP contribution in [0.1, 0.15) is 11.3 Å². The topological polar surface area (TPSA) is 58.8 Å². The van der Waals surface area contributed by atoms with E-state index in [9.17, 15) is 4.79 Å². The van der Waals surface area contributed by atoms with Crippen LogP contribution in [-0.4, -0.2) is 21.5 Å². The van der Waals surface area contributed by atoms with Crippen LogP contribution in [0.25, 0.3) is 26.5 Å². The third kappa shape index (κ3) is 3.04. The lowest BCUT2D eigenvalue weighted by atomic mass is 9.97. The molecule has 5 nitrogen and oxygen atoms in total. The number of nitrogens with one attached hydrogen (secondary N) is 1. The van der Waals surface area contributed by atoms with E-state index in [1.165, 1.54) is 0 Å². The van der Waals surface area contributed by atoms with Crippen LogP contribution < -0.4 is 5.43 Å². The number of nitrogens with zero attached hydrogens (tertiary/aromatic N) is 3. The van der Waals surface area contributed by atoms with Gasteiger partial charge >= 0.3 is 0 Å². The molecule has 5 rings (SSSR count). The van der Waals surface area contributed by atoms with Crippen molar-refractivity contribution < 1.29 is 4.79 Å². The van der Waals surface area contributed by atoms with Crippen molar-refractivity contribution in [3.8, 4) is 0 Å². The van der Waals surface area contributed by atoms with Crippen LogP contribution in [0.15, 0.2) is 77.5 Å². The van der Waals surface area contributed by atoms with E-state index in [0.717, 1.165) is 37.8 Å². The van der Waals surface area contributed by atoms with E-state index in [0.29, 0.717) is 0 Å². The summed E-state index contributed by atoms with van der Waals surface area (Å²) in [5, 5.41) is 10.7. The minimum atomic E-state index is -0.188. The lowest BCUT2D eigenvalue weighted by molar-refractivity contribution is -0.120. The normalized spacial score (nSPS) is 11.7. The first-order valence-corrected chi connectivity index (χ1v) is 9.79. The molecule has 28 heavy (non-hydrogen) atoms. The van der Waals surface area contributed by atoms with Gasteiger partial charge in [0, 0.05) is 23.3 Å². The summed E-state index contributed by atoms with van der Waals surface area (Å²) < 4.78 is 1.92. The highest BCUT2D eigenvalue weighted by molar-refractivity contribution is 7.15. The van der Waals surface area contributed by atoms with Crippen molar-refractivity contribution in [3.63, 3.8) is 0 Å². The summed E-state index contributed by atoms with van der Waals surface area (Å²) in [5.74, 6) is -0.188. The average Bonchev–Trinajstić information content (AvgIpc) is 3.29. The van der Waals surface area contributed by atoms with E-state index in [4.69, 9.17) is 0 Å². The van der Waals surface area contributed by atoms with Gasteiger partial charge in [-0.3, -0.25) is 9.20 Å². The molecule has 3 aromatic carbocycles. The molecule has 0 aliphatic heterocycles. The summed E-state index contributed by atoms with van der Waals surface area (Å²) in [4.78, 5) is 17.6. The Morgan fingerprint density at radius 3 is 2.54 bits per heavy atom. The number of imidazole rings is 1. The van der Waals surface area contributed by atoms with Crippen LogP contribution in [0, 0.1) is 0 Å². The zero-order chi connectivity index (χ0) is 18.9. The third-order valence-electron chi connectivity index (χ3n) is 4.68. The largest absolute Gasteiger partial charge is 0.297 e. The van der Waals surface area contributed by atoms with Gasteiger partial charge in [-0.15, -0.1) is 11.3 Å². The van der Waals surface area contributed by atoms with Gasteiger partial charge in [0.15, 0.2) is 4.96 Å². The van der Waals surface area contributed by atoms with Crippen molar-refractivity contribution in [2.45, 2.75) is 6.42 Å². The Balaban J connectivity index is 1.41. The van der Waals surface area contributed by atoms with E-state index in [2.05, 4.69) is 45.8 Å². The molecule has 0 aliphatic carbocycles. The summed E-state index contributed by atoms with van der Waals surface area (Å²) in [7, 11) is 0. The number of carbonyl (C=O) groups is 1. The maximum absolute atomic E-state index is 12.3. The molecule has 1 N–H and O–H groups in total. The molecule has 0 bridgehead atoms. The molecule has 0 saturated carbocycles. The Morgan fingerprint density at radius 1 is 1.11 bits per heavy atom. The first-order valence-electron chi connectivity index (χ1n) is 8.91. The molecule has 0 atom stereocenters. The van der Waals surface area contributed by atoms with Gasteiger partial charge in [-0.05, 0) is 27.6 Å². The predicted octanol–water partition coefficient (Wildman–Crippen LogP) is 4.40. The van der Waals surface area contributed by atoms with E-state index >= 15 is 0 Å². The number of hydrogen-bond donors (Lipinski definition) is 1. The van der Waals surface area contributed by atoms with Crippen molar-refractivity contribution in [1.82, 2.24) is 14.8 Å². The molecule has 2 aromatic heterocycles. The number of benzene rings is 3. The number of rotatable bonds is 4. The quantitative estimate of drug-likeness (QED) is 0.284. The maximum Gasteiger partial charge on any atom is 0.246 e.